The average Bonchev–Trinajstić information content (AvgIpc) is 2.98. The molecule has 0 aliphatic carbocycles. The van der Waals surface area contributed by atoms with Gasteiger partial charge < -0.3 is 4.74 Å². The van der Waals surface area contributed by atoms with Crippen LogP contribution in [0.2, 0.25) is 5.02 Å². The Hall–Kier alpha value is -1.85. The highest BCUT2D eigenvalue weighted by Gasteiger charge is 2.13. The second-order valence-electron chi connectivity index (χ2n) is 3.89. The molecule has 0 saturated carbocycles. The summed E-state index contributed by atoms with van der Waals surface area (Å²) in [5.74, 6) is 0.358. The lowest BCUT2D eigenvalue weighted by Crippen LogP contribution is -1.98. The van der Waals surface area contributed by atoms with Gasteiger partial charge in [0.05, 0.1) is 0 Å². The van der Waals surface area contributed by atoms with Crippen LogP contribution in [0.4, 0.5) is 0 Å². The first-order valence-corrected chi connectivity index (χ1v) is 6.81. The van der Waals surface area contributed by atoms with Crippen molar-refractivity contribution in [3.8, 4) is 5.88 Å². The maximum Gasteiger partial charge on any atom is 0.244 e. The van der Waals surface area contributed by atoms with Gasteiger partial charge in [-0.25, -0.2) is 0 Å². The van der Waals surface area contributed by atoms with Crippen molar-refractivity contribution in [2.75, 3.05) is 0 Å². The molecule has 0 saturated heterocycles. The van der Waals surface area contributed by atoms with Crippen molar-refractivity contribution in [3.63, 3.8) is 0 Å². The number of hydrogen-bond donors (Lipinski definition) is 0. The van der Waals surface area contributed by atoms with E-state index in [1.807, 2.05) is 17.5 Å². The molecule has 0 radical (unpaired) electrons. The molecule has 6 heteroatoms. The number of fused-ring (bicyclic) bond motifs is 1. The molecule has 19 heavy (non-hydrogen) atoms. The lowest BCUT2D eigenvalue weighted by molar-refractivity contribution is 0.111. The molecule has 96 valence electrons. The van der Waals surface area contributed by atoms with Gasteiger partial charge in [0, 0.05) is 16.6 Å². The van der Waals surface area contributed by atoms with Gasteiger partial charge in [-0.1, -0.05) is 23.7 Å². The normalized spacial score (nSPS) is 10.8. The maximum absolute atomic E-state index is 11.1. The molecular formula is C13H9ClN2O2S. The third kappa shape index (κ3) is 2.34. The number of benzene rings is 1. The van der Waals surface area contributed by atoms with Gasteiger partial charge in [-0.15, -0.1) is 11.3 Å². The van der Waals surface area contributed by atoms with Crippen LogP contribution >= 0.6 is 22.9 Å². The molecule has 0 amide bonds. The van der Waals surface area contributed by atoms with Crippen molar-refractivity contribution in [2.45, 2.75) is 6.61 Å². The van der Waals surface area contributed by atoms with Crippen molar-refractivity contribution in [1.29, 1.82) is 0 Å². The molecule has 0 spiro atoms. The van der Waals surface area contributed by atoms with Gasteiger partial charge in [0.2, 0.25) is 5.88 Å². The first-order chi connectivity index (χ1) is 9.28. The fourth-order valence-electron chi connectivity index (χ4n) is 1.73. The first-order valence-electron chi connectivity index (χ1n) is 5.56. The summed E-state index contributed by atoms with van der Waals surface area (Å²) in [7, 11) is 0. The number of carbonyl (C=O) groups excluding carboxylic acids is 1. The van der Waals surface area contributed by atoms with Crippen LogP contribution < -0.4 is 4.74 Å². The van der Waals surface area contributed by atoms with Gasteiger partial charge in [0.15, 0.2) is 16.9 Å². The third-order valence-corrected chi connectivity index (χ3v) is 3.67. The SMILES string of the molecule is O=Cc1c(OCc2ccc(Cl)cc2)nc2sccn12. The van der Waals surface area contributed by atoms with Gasteiger partial charge in [-0.2, -0.15) is 4.98 Å². The van der Waals surface area contributed by atoms with E-state index in [1.165, 1.54) is 11.3 Å². The van der Waals surface area contributed by atoms with E-state index in [9.17, 15) is 4.79 Å². The zero-order chi connectivity index (χ0) is 13.2. The van der Waals surface area contributed by atoms with Crippen LogP contribution in [0.25, 0.3) is 4.96 Å². The highest BCUT2D eigenvalue weighted by Crippen LogP contribution is 2.22. The van der Waals surface area contributed by atoms with E-state index in [0.29, 0.717) is 23.2 Å². The Labute approximate surface area is 118 Å². The number of aldehydes is 1. The summed E-state index contributed by atoms with van der Waals surface area (Å²) in [5.41, 5.74) is 1.41. The molecule has 4 nitrogen and oxygen atoms in total. The van der Waals surface area contributed by atoms with Crippen LogP contribution in [0.1, 0.15) is 16.1 Å². The summed E-state index contributed by atoms with van der Waals surface area (Å²) in [6, 6.07) is 7.35. The van der Waals surface area contributed by atoms with Gasteiger partial charge in [-0.05, 0) is 17.7 Å². The number of carbonyl (C=O) groups is 1. The van der Waals surface area contributed by atoms with Crippen LogP contribution in [0.3, 0.4) is 0 Å². The molecule has 0 unspecified atom stereocenters. The number of thiazole rings is 1. The van der Waals surface area contributed by atoms with Crippen molar-refractivity contribution >= 4 is 34.2 Å². The highest BCUT2D eigenvalue weighted by molar-refractivity contribution is 7.15. The average molecular weight is 293 g/mol. The molecule has 0 fully saturated rings. The van der Waals surface area contributed by atoms with E-state index in [0.717, 1.165) is 16.8 Å². The van der Waals surface area contributed by atoms with Crippen LogP contribution in [-0.2, 0) is 6.61 Å². The summed E-state index contributed by atoms with van der Waals surface area (Å²) in [4.78, 5) is 16.1. The number of aromatic nitrogens is 2. The Bertz CT molecular complexity index is 718. The molecule has 1 aromatic carbocycles. The summed E-state index contributed by atoms with van der Waals surface area (Å²) < 4.78 is 7.31. The van der Waals surface area contributed by atoms with Crippen LogP contribution in [0.15, 0.2) is 35.8 Å². The summed E-state index contributed by atoms with van der Waals surface area (Å²) in [6.07, 6.45) is 2.55. The fraction of sp³-hybridized carbons (Fsp3) is 0.0769. The predicted octanol–water partition coefficient (Wildman–Crippen LogP) is 3.44. The molecule has 0 bridgehead atoms. The second kappa shape index (κ2) is 5.03. The molecule has 3 rings (SSSR count). The van der Waals surface area contributed by atoms with E-state index in [4.69, 9.17) is 16.3 Å². The molecule has 0 aliphatic heterocycles. The topological polar surface area (TPSA) is 43.6 Å². The molecule has 2 heterocycles. The summed E-state index contributed by atoms with van der Waals surface area (Å²) in [6.45, 7) is 0.350. The Morgan fingerprint density at radius 2 is 2.16 bits per heavy atom. The molecular weight excluding hydrogens is 284 g/mol. The van der Waals surface area contributed by atoms with Gasteiger partial charge in [-0.3, -0.25) is 9.20 Å². The Morgan fingerprint density at radius 3 is 2.89 bits per heavy atom. The Balaban J connectivity index is 1.83. The second-order valence-corrected chi connectivity index (χ2v) is 5.20. The van der Waals surface area contributed by atoms with E-state index >= 15 is 0 Å². The van der Waals surface area contributed by atoms with E-state index in [-0.39, 0.29) is 0 Å². The van der Waals surface area contributed by atoms with Crippen molar-refractivity contribution in [3.05, 3.63) is 52.1 Å². The molecule has 0 N–H and O–H groups in total. The Morgan fingerprint density at radius 1 is 1.37 bits per heavy atom. The molecule has 0 aliphatic rings. The number of ether oxygens (including phenoxy) is 1. The summed E-state index contributed by atoms with van der Waals surface area (Å²) in [5, 5.41) is 2.55. The highest BCUT2D eigenvalue weighted by atomic mass is 35.5. The van der Waals surface area contributed by atoms with Gasteiger partial charge >= 0.3 is 0 Å². The van der Waals surface area contributed by atoms with E-state index < -0.39 is 0 Å². The predicted molar refractivity (Wildman–Crippen MR) is 74.2 cm³/mol. The van der Waals surface area contributed by atoms with E-state index in [2.05, 4.69) is 4.98 Å². The molecule has 3 aromatic rings. The van der Waals surface area contributed by atoms with E-state index in [1.54, 1.807) is 22.7 Å². The Kier molecular flexibility index (Phi) is 3.23. The number of rotatable bonds is 4. The van der Waals surface area contributed by atoms with Crippen molar-refractivity contribution in [1.82, 2.24) is 9.38 Å². The minimum atomic E-state index is 0.350. The minimum Gasteiger partial charge on any atom is -0.471 e. The largest absolute Gasteiger partial charge is 0.471 e. The first kappa shape index (κ1) is 12.2. The number of nitrogens with zero attached hydrogens (tertiary/aromatic N) is 2. The zero-order valence-corrected chi connectivity index (χ0v) is 11.3. The lowest BCUT2D eigenvalue weighted by Gasteiger charge is -2.03. The van der Waals surface area contributed by atoms with Crippen LogP contribution in [0, 0.1) is 0 Å². The number of halogens is 1. The van der Waals surface area contributed by atoms with Gasteiger partial charge in [0.1, 0.15) is 6.61 Å². The standard InChI is InChI=1S/C13H9ClN2O2S/c14-10-3-1-9(2-4-10)8-18-12-11(7-17)16-5-6-19-13(16)15-12/h1-7H,8H2. The molecule has 0 atom stereocenters. The summed E-state index contributed by atoms with van der Waals surface area (Å²) >= 11 is 7.27. The number of hydrogen-bond acceptors (Lipinski definition) is 4. The zero-order valence-electron chi connectivity index (χ0n) is 9.75. The lowest BCUT2D eigenvalue weighted by atomic mass is 10.2. The smallest absolute Gasteiger partial charge is 0.244 e. The quantitative estimate of drug-likeness (QED) is 0.692. The van der Waals surface area contributed by atoms with Gasteiger partial charge in [0.25, 0.3) is 0 Å². The van der Waals surface area contributed by atoms with Crippen LogP contribution in [-0.4, -0.2) is 15.7 Å². The van der Waals surface area contributed by atoms with Crippen molar-refractivity contribution < 1.29 is 9.53 Å². The fourth-order valence-corrected chi connectivity index (χ4v) is 2.57. The maximum atomic E-state index is 11.1. The van der Waals surface area contributed by atoms with Crippen LogP contribution in [0.5, 0.6) is 5.88 Å². The third-order valence-electron chi connectivity index (χ3n) is 2.67. The minimum absolute atomic E-state index is 0.350. The van der Waals surface area contributed by atoms with Crippen molar-refractivity contribution in [2.24, 2.45) is 0 Å². The monoisotopic (exact) mass is 292 g/mol. The molecule has 2 aromatic heterocycles. The number of imidazole rings is 1.